The Morgan fingerprint density at radius 3 is 2.67 bits per heavy atom. The number of aromatic nitrogens is 4. The standard InChI is InChI=1S/C30H29BrN6O3/c1-30(29(40)32-2)15-22(25(38)26(30)39)37-16-33-24-27(34-21-14-20(21)18-8-4-3-5-9-18)35-23(36-28(24)37)12-11-17-7-6-10-19(31)13-17/h3-10,13,16,20-22,25-26,38-39H,14-15H2,1-2H3,(H,32,40)(H,34,35,36)/t20?,21?,22-,25+,26+,30?/m1/s1. The van der Waals surface area contributed by atoms with Gasteiger partial charge >= 0.3 is 0 Å². The van der Waals surface area contributed by atoms with Crippen molar-refractivity contribution in [3.63, 3.8) is 0 Å². The number of halogens is 1. The van der Waals surface area contributed by atoms with Crippen molar-refractivity contribution < 1.29 is 15.0 Å². The molecule has 6 rings (SSSR count). The lowest BCUT2D eigenvalue weighted by molar-refractivity contribution is -0.136. The average Bonchev–Trinajstić information content (AvgIpc) is 3.54. The number of imidazole rings is 1. The van der Waals surface area contributed by atoms with Gasteiger partial charge < -0.3 is 25.4 Å². The lowest BCUT2D eigenvalue weighted by Crippen LogP contribution is -2.45. The van der Waals surface area contributed by atoms with Crippen LogP contribution >= 0.6 is 15.9 Å². The second kappa shape index (κ2) is 10.3. The van der Waals surface area contributed by atoms with Gasteiger partial charge in [-0.1, -0.05) is 58.2 Å². The highest BCUT2D eigenvalue weighted by Crippen LogP contribution is 2.46. The van der Waals surface area contributed by atoms with Crippen LogP contribution in [0, 0.1) is 17.3 Å². The number of nitrogens with one attached hydrogen (secondary N) is 2. The highest BCUT2D eigenvalue weighted by atomic mass is 79.9. The third-order valence-electron chi connectivity index (χ3n) is 8.01. The molecule has 204 valence electrons. The summed E-state index contributed by atoms with van der Waals surface area (Å²) in [6, 6.07) is 17.6. The highest BCUT2D eigenvalue weighted by molar-refractivity contribution is 9.10. The molecule has 6 atom stereocenters. The zero-order valence-corrected chi connectivity index (χ0v) is 23.6. The van der Waals surface area contributed by atoms with E-state index in [2.05, 4.69) is 55.5 Å². The minimum Gasteiger partial charge on any atom is -0.389 e. The molecule has 10 heteroatoms. The zero-order valence-electron chi connectivity index (χ0n) is 22.0. The van der Waals surface area contributed by atoms with E-state index in [1.165, 1.54) is 12.6 Å². The van der Waals surface area contributed by atoms with Crippen LogP contribution < -0.4 is 10.6 Å². The van der Waals surface area contributed by atoms with Gasteiger partial charge in [-0.25, -0.2) is 15.0 Å². The maximum absolute atomic E-state index is 12.6. The quantitative estimate of drug-likeness (QED) is 0.259. The van der Waals surface area contributed by atoms with E-state index in [0.717, 1.165) is 16.5 Å². The third-order valence-corrected chi connectivity index (χ3v) is 8.50. The number of rotatable bonds is 5. The Labute approximate surface area is 240 Å². The number of nitrogens with zero attached hydrogens (tertiary/aromatic N) is 4. The summed E-state index contributed by atoms with van der Waals surface area (Å²) in [6.45, 7) is 1.66. The Morgan fingerprint density at radius 1 is 1.12 bits per heavy atom. The number of carbonyl (C=O) groups excluding carboxylic acids is 1. The van der Waals surface area contributed by atoms with Gasteiger partial charge in [0.25, 0.3) is 0 Å². The Bertz CT molecular complexity index is 1650. The fourth-order valence-corrected chi connectivity index (χ4v) is 6.05. The topological polar surface area (TPSA) is 125 Å². The molecule has 0 aliphatic heterocycles. The van der Waals surface area contributed by atoms with E-state index in [4.69, 9.17) is 9.97 Å². The summed E-state index contributed by atoms with van der Waals surface area (Å²) < 4.78 is 2.65. The van der Waals surface area contributed by atoms with E-state index < -0.39 is 23.7 Å². The molecule has 0 spiro atoms. The van der Waals surface area contributed by atoms with Crippen LogP contribution in [0.1, 0.15) is 48.7 Å². The van der Waals surface area contributed by atoms with Crippen LogP contribution in [-0.2, 0) is 4.79 Å². The maximum Gasteiger partial charge on any atom is 0.228 e. The number of hydrogen-bond donors (Lipinski definition) is 4. The molecule has 3 unspecified atom stereocenters. The van der Waals surface area contributed by atoms with Crippen molar-refractivity contribution in [2.45, 2.75) is 50.0 Å². The summed E-state index contributed by atoms with van der Waals surface area (Å²) in [7, 11) is 1.52. The molecule has 1 amide bonds. The molecule has 4 aromatic rings. The highest BCUT2D eigenvalue weighted by Gasteiger charge is 2.55. The molecule has 2 aromatic heterocycles. The second-order valence-electron chi connectivity index (χ2n) is 10.7. The average molecular weight is 602 g/mol. The molecule has 2 saturated carbocycles. The first-order valence-corrected chi connectivity index (χ1v) is 14.0. The molecule has 9 nitrogen and oxygen atoms in total. The minimum absolute atomic E-state index is 0.187. The van der Waals surface area contributed by atoms with Crippen molar-refractivity contribution in [1.29, 1.82) is 0 Å². The Hall–Kier alpha value is -3.78. The number of hydrogen-bond acceptors (Lipinski definition) is 7. The van der Waals surface area contributed by atoms with Gasteiger partial charge in [-0.15, -0.1) is 0 Å². The van der Waals surface area contributed by atoms with Gasteiger partial charge in [0.05, 0.1) is 23.9 Å². The van der Waals surface area contributed by atoms with E-state index in [9.17, 15) is 15.0 Å². The first-order valence-electron chi connectivity index (χ1n) is 13.2. The molecule has 2 aliphatic carbocycles. The summed E-state index contributed by atoms with van der Waals surface area (Å²) in [4.78, 5) is 26.7. The summed E-state index contributed by atoms with van der Waals surface area (Å²) in [6.07, 6.45) is 0.336. The molecule has 0 bridgehead atoms. The number of aliphatic hydroxyl groups excluding tert-OH is 2. The van der Waals surface area contributed by atoms with Crippen molar-refractivity contribution in [1.82, 2.24) is 24.8 Å². The first kappa shape index (κ1) is 26.4. The van der Waals surface area contributed by atoms with Crippen LogP contribution in [0.15, 0.2) is 65.4 Å². The second-order valence-corrected chi connectivity index (χ2v) is 11.6. The normalized spacial score (nSPS) is 27.2. The van der Waals surface area contributed by atoms with Crippen molar-refractivity contribution in [2.24, 2.45) is 5.41 Å². The van der Waals surface area contributed by atoms with E-state index in [-0.39, 0.29) is 18.4 Å². The first-order chi connectivity index (χ1) is 19.3. The fraction of sp³-hybridized carbons (Fsp3) is 0.333. The summed E-state index contributed by atoms with van der Waals surface area (Å²) >= 11 is 3.48. The Kier molecular flexibility index (Phi) is 6.82. The van der Waals surface area contributed by atoms with Gasteiger partial charge in [-0.3, -0.25) is 4.79 Å². The molecule has 2 heterocycles. The smallest absolute Gasteiger partial charge is 0.228 e. The van der Waals surface area contributed by atoms with E-state index in [1.807, 2.05) is 42.5 Å². The van der Waals surface area contributed by atoms with Crippen molar-refractivity contribution in [3.8, 4) is 11.8 Å². The minimum atomic E-state index is -1.25. The monoisotopic (exact) mass is 600 g/mol. The Morgan fingerprint density at radius 2 is 1.93 bits per heavy atom. The van der Waals surface area contributed by atoms with Crippen molar-refractivity contribution in [2.75, 3.05) is 12.4 Å². The van der Waals surface area contributed by atoms with Gasteiger partial charge in [-0.2, -0.15) is 0 Å². The van der Waals surface area contributed by atoms with Crippen molar-refractivity contribution >= 4 is 38.8 Å². The number of anilines is 1. The number of aliphatic hydroxyl groups is 2. The predicted molar refractivity (Wildman–Crippen MR) is 154 cm³/mol. The number of amides is 1. The van der Waals surface area contributed by atoms with Gasteiger partial charge in [0.15, 0.2) is 17.0 Å². The van der Waals surface area contributed by atoms with Crippen LogP contribution in [0.5, 0.6) is 0 Å². The van der Waals surface area contributed by atoms with Crippen LogP contribution in [0.25, 0.3) is 11.2 Å². The van der Waals surface area contributed by atoms with E-state index >= 15 is 0 Å². The molecule has 40 heavy (non-hydrogen) atoms. The van der Waals surface area contributed by atoms with E-state index in [1.54, 1.807) is 17.8 Å². The number of fused-ring (bicyclic) bond motifs is 1. The SMILES string of the molecule is CNC(=O)C1(C)C[C@@H](n2cnc3c(NC4CC4c4ccccc4)nc(C#Cc4cccc(Br)c4)nc32)[C@H](O)[C@@H]1O. The van der Waals surface area contributed by atoms with Crippen LogP contribution in [-0.4, -0.2) is 60.9 Å². The van der Waals surface area contributed by atoms with Gasteiger partial charge in [0, 0.05) is 29.0 Å². The fourth-order valence-electron chi connectivity index (χ4n) is 5.65. The maximum atomic E-state index is 12.6. The third kappa shape index (κ3) is 4.74. The molecule has 4 N–H and O–H groups in total. The van der Waals surface area contributed by atoms with Gasteiger partial charge in [0.2, 0.25) is 11.7 Å². The molecular formula is C30H29BrN6O3. The largest absolute Gasteiger partial charge is 0.389 e. The van der Waals surface area contributed by atoms with E-state index in [0.29, 0.717) is 28.7 Å². The summed E-state index contributed by atoms with van der Waals surface area (Å²) in [5, 5.41) is 28.0. The summed E-state index contributed by atoms with van der Waals surface area (Å²) in [5.74, 6) is 7.10. The van der Waals surface area contributed by atoms with Crippen LogP contribution in [0.3, 0.4) is 0 Å². The lowest BCUT2D eigenvalue weighted by atomic mass is 9.85. The van der Waals surface area contributed by atoms with Crippen LogP contribution in [0.4, 0.5) is 5.82 Å². The molecule has 2 aliphatic rings. The van der Waals surface area contributed by atoms with Gasteiger partial charge in [-0.05, 0) is 49.4 Å². The Balaban J connectivity index is 1.39. The molecule has 0 radical (unpaired) electrons. The summed E-state index contributed by atoms with van der Waals surface area (Å²) in [5.41, 5.74) is 1.93. The van der Waals surface area contributed by atoms with Gasteiger partial charge in [0.1, 0.15) is 6.10 Å². The number of carbonyl (C=O) groups is 1. The predicted octanol–water partition coefficient (Wildman–Crippen LogP) is 3.38. The number of benzene rings is 2. The lowest BCUT2D eigenvalue weighted by Gasteiger charge is -2.26. The molecule has 2 aromatic carbocycles. The van der Waals surface area contributed by atoms with Crippen LogP contribution in [0.2, 0.25) is 0 Å². The zero-order chi connectivity index (χ0) is 28.0. The molecular weight excluding hydrogens is 572 g/mol. The molecule has 0 saturated heterocycles. The molecule has 2 fully saturated rings. The van der Waals surface area contributed by atoms with Crippen molar-refractivity contribution in [3.05, 3.63) is 82.3 Å².